The first-order valence-corrected chi connectivity index (χ1v) is 11.6. The van der Waals surface area contributed by atoms with Crippen molar-refractivity contribution in [3.8, 4) is 0 Å². The van der Waals surface area contributed by atoms with Crippen LogP contribution in [-0.2, 0) is 25.7 Å². The van der Waals surface area contributed by atoms with Gasteiger partial charge in [0.15, 0.2) is 0 Å². The molecule has 0 bridgehead atoms. The monoisotopic (exact) mass is 401 g/mol. The maximum absolute atomic E-state index is 11.9. The van der Waals surface area contributed by atoms with Gasteiger partial charge in [0.2, 0.25) is 0 Å². The molecule has 134 valence electrons. The van der Waals surface area contributed by atoms with Crippen molar-refractivity contribution in [1.82, 2.24) is 8.38 Å². The van der Waals surface area contributed by atoms with E-state index in [1.54, 1.807) is 18.0 Å². The number of thioether (sulfide) groups is 1. The van der Waals surface area contributed by atoms with E-state index in [4.69, 9.17) is 25.7 Å². The van der Waals surface area contributed by atoms with E-state index < -0.39 is 12.7 Å². The lowest BCUT2D eigenvalue weighted by Gasteiger charge is -2.40. The Labute approximate surface area is 151 Å². The van der Waals surface area contributed by atoms with Gasteiger partial charge in [-0.2, -0.15) is 4.08 Å². The fourth-order valence-corrected chi connectivity index (χ4v) is 5.58. The van der Waals surface area contributed by atoms with Crippen LogP contribution in [0.1, 0.15) is 27.7 Å². The van der Waals surface area contributed by atoms with E-state index in [1.165, 1.54) is 16.1 Å². The molecule has 1 heterocycles. The first-order chi connectivity index (χ1) is 10.6. The summed E-state index contributed by atoms with van der Waals surface area (Å²) >= 11 is 8.10. The van der Waals surface area contributed by atoms with Crippen LogP contribution in [0.25, 0.3) is 0 Å². The number of rotatable bonds is 5. The molecule has 0 aromatic heterocycles. The van der Waals surface area contributed by atoms with Gasteiger partial charge in [-0.1, -0.05) is 25.9 Å². The van der Waals surface area contributed by atoms with Gasteiger partial charge in [-0.05, 0) is 25.0 Å². The molecule has 0 aliphatic carbocycles. The molecule has 0 radical (unpaired) electrons. The van der Waals surface area contributed by atoms with Crippen LogP contribution in [0.5, 0.6) is 0 Å². The summed E-state index contributed by atoms with van der Waals surface area (Å²) in [5.74, 6) is 0. The largest absolute Gasteiger partial charge is 0.446 e. The summed E-state index contributed by atoms with van der Waals surface area (Å²) in [6.45, 7) is 6.86. The van der Waals surface area contributed by atoms with E-state index in [0.29, 0.717) is 24.8 Å². The minimum Gasteiger partial charge on any atom is -0.317 e. The van der Waals surface area contributed by atoms with Crippen molar-refractivity contribution < 1.29 is 18.7 Å². The molecule has 0 atom stereocenters. The molecule has 11 heteroatoms. The van der Waals surface area contributed by atoms with Crippen LogP contribution >= 0.6 is 30.5 Å². The summed E-state index contributed by atoms with van der Waals surface area (Å²) in [5, 5.41) is 4.39. The smallest absolute Gasteiger partial charge is 0.317 e. The standard InChI is InChI=1S/C12H24N3O4PS3/c1-7-15(20(21)17-8-12(3,4)9-18-20)23-14(5)11(16)19-13-10(2)22-6/h7-9H2,1-6H3. The number of hydrogen-bond donors (Lipinski definition) is 0. The number of nitrogens with zero attached hydrogens (tertiary/aromatic N) is 3. The van der Waals surface area contributed by atoms with E-state index >= 15 is 0 Å². The lowest BCUT2D eigenvalue weighted by atomic mass is 9.97. The Morgan fingerprint density at radius 3 is 2.48 bits per heavy atom. The second kappa shape index (κ2) is 9.03. The fraction of sp³-hybridized carbons (Fsp3) is 0.833. The van der Waals surface area contributed by atoms with Gasteiger partial charge in [0, 0.05) is 19.0 Å². The Balaban J connectivity index is 2.65. The van der Waals surface area contributed by atoms with Gasteiger partial charge in [0.25, 0.3) is 6.64 Å². The van der Waals surface area contributed by atoms with E-state index in [-0.39, 0.29) is 5.41 Å². The molecule has 0 spiro atoms. The summed E-state index contributed by atoms with van der Waals surface area (Å²) < 4.78 is 14.8. The SMILES string of the molecule is CCN(SN(C)C(=O)ON=C(C)SC)P1(=S)OCC(C)(C)CO1. The van der Waals surface area contributed by atoms with Gasteiger partial charge in [-0.3, -0.25) is 4.84 Å². The number of amides is 1. The average molecular weight is 402 g/mol. The van der Waals surface area contributed by atoms with E-state index in [9.17, 15) is 4.79 Å². The molecule has 1 aliphatic rings. The van der Waals surface area contributed by atoms with Crippen LogP contribution in [0.15, 0.2) is 5.16 Å². The van der Waals surface area contributed by atoms with Crippen molar-refractivity contribution in [2.75, 3.05) is 33.1 Å². The van der Waals surface area contributed by atoms with Crippen molar-refractivity contribution in [3.63, 3.8) is 0 Å². The summed E-state index contributed by atoms with van der Waals surface area (Å²) in [7, 11) is 1.59. The topological polar surface area (TPSA) is 63.6 Å². The van der Waals surface area contributed by atoms with Crippen molar-refractivity contribution in [1.29, 1.82) is 0 Å². The van der Waals surface area contributed by atoms with Crippen molar-refractivity contribution >= 4 is 53.5 Å². The molecular weight excluding hydrogens is 377 g/mol. The van der Waals surface area contributed by atoms with Crippen LogP contribution in [0.4, 0.5) is 4.79 Å². The average Bonchev–Trinajstić information content (AvgIpc) is 2.52. The number of hydrogen-bond acceptors (Lipinski definition) is 8. The summed E-state index contributed by atoms with van der Waals surface area (Å²) in [4.78, 5) is 16.8. The quantitative estimate of drug-likeness (QED) is 0.171. The predicted octanol–water partition coefficient (Wildman–Crippen LogP) is 3.93. The van der Waals surface area contributed by atoms with E-state index in [0.717, 1.165) is 12.1 Å². The second-order valence-corrected chi connectivity index (χ2v) is 11.3. The highest BCUT2D eigenvalue weighted by Gasteiger charge is 2.38. The van der Waals surface area contributed by atoms with Crippen LogP contribution < -0.4 is 0 Å². The Morgan fingerprint density at radius 1 is 1.43 bits per heavy atom. The highest BCUT2D eigenvalue weighted by Crippen LogP contribution is 2.59. The van der Waals surface area contributed by atoms with Gasteiger partial charge in [-0.25, -0.2) is 9.10 Å². The maximum Gasteiger partial charge on any atom is 0.446 e. The second-order valence-electron chi connectivity index (χ2n) is 5.60. The highest BCUT2D eigenvalue weighted by atomic mass is 32.5. The molecular formula is C12H24N3O4PS3. The van der Waals surface area contributed by atoms with Crippen LogP contribution in [0, 0.1) is 5.41 Å². The van der Waals surface area contributed by atoms with Gasteiger partial charge in [0.1, 0.15) is 5.04 Å². The number of carbonyl (C=O) groups is 1. The molecule has 0 unspecified atom stereocenters. The van der Waals surface area contributed by atoms with Crippen LogP contribution in [0.2, 0.25) is 0 Å². The Kier molecular flexibility index (Phi) is 8.33. The first-order valence-electron chi connectivity index (χ1n) is 7.02. The first kappa shape index (κ1) is 21.2. The number of oxime groups is 1. The molecule has 23 heavy (non-hydrogen) atoms. The molecule has 0 aromatic rings. The molecule has 1 fully saturated rings. The van der Waals surface area contributed by atoms with Crippen LogP contribution in [0.3, 0.4) is 0 Å². The van der Waals surface area contributed by atoms with E-state index in [2.05, 4.69) is 19.0 Å². The minimum atomic E-state index is -2.60. The summed E-state index contributed by atoms with van der Waals surface area (Å²) in [6, 6.07) is 0. The Morgan fingerprint density at radius 2 is 2.00 bits per heavy atom. The van der Waals surface area contributed by atoms with Crippen LogP contribution in [-0.4, -0.2) is 52.6 Å². The number of carbonyl (C=O) groups excluding carboxylic acids is 1. The maximum atomic E-state index is 11.9. The fourth-order valence-electron chi connectivity index (χ4n) is 1.37. The van der Waals surface area contributed by atoms with Gasteiger partial charge >= 0.3 is 6.09 Å². The Hall–Kier alpha value is 0.170. The molecule has 0 saturated carbocycles. The molecule has 1 rings (SSSR count). The molecule has 1 saturated heterocycles. The normalized spacial score (nSPS) is 20.4. The lowest BCUT2D eigenvalue weighted by Crippen LogP contribution is -2.34. The third-order valence-electron chi connectivity index (χ3n) is 2.80. The lowest BCUT2D eigenvalue weighted by molar-refractivity contribution is 0.0506. The molecule has 7 nitrogen and oxygen atoms in total. The zero-order valence-electron chi connectivity index (χ0n) is 14.3. The van der Waals surface area contributed by atoms with Gasteiger partial charge in [0.05, 0.1) is 25.3 Å². The molecule has 0 N–H and O–H groups in total. The third-order valence-corrected chi connectivity index (χ3v) is 8.45. The van der Waals surface area contributed by atoms with E-state index in [1.807, 2.05) is 13.2 Å². The van der Waals surface area contributed by atoms with Gasteiger partial charge in [-0.15, -0.1) is 11.8 Å². The van der Waals surface area contributed by atoms with Crippen molar-refractivity contribution in [2.45, 2.75) is 27.7 Å². The summed E-state index contributed by atoms with van der Waals surface area (Å²) in [5.41, 5.74) is -0.0543. The van der Waals surface area contributed by atoms with Gasteiger partial charge < -0.3 is 9.05 Å². The predicted molar refractivity (Wildman–Crippen MR) is 101 cm³/mol. The highest BCUT2D eigenvalue weighted by molar-refractivity contribution is 8.15. The molecule has 1 aliphatic heterocycles. The van der Waals surface area contributed by atoms with Crippen molar-refractivity contribution in [3.05, 3.63) is 0 Å². The summed E-state index contributed by atoms with van der Waals surface area (Å²) in [6.07, 6.45) is 1.27. The third kappa shape index (κ3) is 6.53. The molecule has 0 aromatic carbocycles. The Bertz CT molecular complexity index is 490. The molecule has 1 amide bonds. The zero-order chi connectivity index (χ0) is 17.7. The van der Waals surface area contributed by atoms with Crippen molar-refractivity contribution in [2.24, 2.45) is 10.6 Å². The minimum absolute atomic E-state index is 0.0543. The zero-order valence-corrected chi connectivity index (χ0v) is 17.6.